The molecule has 0 aliphatic heterocycles. The lowest BCUT2D eigenvalue weighted by atomic mass is 9.63. The third-order valence-corrected chi connectivity index (χ3v) is 5.83. The largest absolute Gasteiger partial charge is 0.373 e. The number of hydrogen-bond acceptors (Lipinski definition) is 1. The molecule has 142 valence electrons. The Morgan fingerprint density at radius 1 is 0.724 bits per heavy atom. The molecule has 4 rings (SSSR count). The van der Waals surface area contributed by atoms with Gasteiger partial charge in [0.1, 0.15) is 0 Å². The first-order valence-corrected chi connectivity index (χ1v) is 10.00. The van der Waals surface area contributed by atoms with Gasteiger partial charge in [0.2, 0.25) is 0 Å². The number of rotatable bonds is 0. The van der Waals surface area contributed by atoms with Crippen LogP contribution in [-0.4, -0.2) is 5.11 Å². The topological polar surface area (TPSA) is 20.2 Å². The van der Waals surface area contributed by atoms with Crippen LogP contribution in [0.3, 0.4) is 0 Å². The molecule has 1 aliphatic carbocycles. The normalized spacial score (nSPS) is 19.1. The van der Waals surface area contributed by atoms with E-state index in [4.69, 9.17) is 0 Å². The van der Waals surface area contributed by atoms with Crippen molar-refractivity contribution < 1.29 is 5.11 Å². The van der Waals surface area contributed by atoms with Crippen LogP contribution >= 0.6 is 0 Å². The monoisotopic (exact) mass is 376 g/mol. The van der Waals surface area contributed by atoms with Crippen molar-refractivity contribution in [2.45, 2.75) is 32.3 Å². The molecule has 3 aromatic carbocycles. The van der Waals surface area contributed by atoms with Gasteiger partial charge in [0.15, 0.2) is 5.60 Å². The van der Waals surface area contributed by atoms with Gasteiger partial charge in [-0.15, -0.1) is 0 Å². The Bertz CT molecular complexity index is 1150. The van der Waals surface area contributed by atoms with Crippen LogP contribution in [0.1, 0.15) is 48.1 Å². The Labute approximate surface area is 173 Å². The van der Waals surface area contributed by atoms with Gasteiger partial charge < -0.3 is 5.11 Å². The summed E-state index contributed by atoms with van der Waals surface area (Å²) in [5.74, 6) is 12.9. The zero-order valence-electron chi connectivity index (χ0n) is 16.9. The van der Waals surface area contributed by atoms with Crippen LogP contribution in [0.2, 0.25) is 0 Å². The van der Waals surface area contributed by atoms with E-state index in [1.165, 1.54) is 5.56 Å². The highest BCUT2D eigenvalue weighted by atomic mass is 16.3. The van der Waals surface area contributed by atoms with Gasteiger partial charge in [-0.05, 0) is 48.2 Å². The van der Waals surface area contributed by atoms with Crippen molar-refractivity contribution in [1.29, 1.82) is 0 Å². The number of aryl methyl sites for hydroxylation is 1. The Balaban J connectivity index is 1.76. The smallest absolute Gasteiger partial charge is 0.156 e. The molecule has 1 heteroatoms. The first-order chi connectivity index (χ1) is 14.0. The summed E-state index contributed by atoms with van der Waals surface area (Å²) in [7, 11) is 0. The maximum Gasteiger partial charge on any atom is 0.156 e. The van der Waals surface area contributed by atoms with Gasteiger partial charge in [0.25, 0.3) is 0 Å². The highest BCUT2D eigenvalue weighted by molar-refractivity contribution is 5.54. The average molecular weight is 376 g/mol. The van der Waals surface area contributed by atoms with E-state index in [0.29, 0.717) is 0 Å². The molecule has 0 saturated heterocycles. The minimum atomic E-state index is -1.19. The van der Waals surface area contributed by atoms with Gasteiger partial charge in [-0.2, -0.15) is 0 Å². The van der Waals surface area contributed by atoms with Crippen molar-refractivity contribution in [3.05, 3.63) is 107 Å². The predicted octanol–water partition coefficient (Wildman–Crippen LogP) is 5.30. The first-order valence-electron chi connectivity index (χ1n) is 10.00. The molecule has 3 aromatic rings. The zero-order chi connectivity index (χ0) is 20.3. The van der Waals surface area contributed by atoms with Crippen molar-refractivity contribution in [2.24, 2.45) is 5.41 Å². The maximum atomic E-state index is 11.7. The highest BCUT2D eigenvalue weighted by Crippen LogP contribution is 2.47. The van der Waals surface area contributed by atoms with E-state index >= 15 is 0 Å². The molecule has 1 atom stereocenters. The zero-order valence-corrected chi connectivity index (χ0v) is 16.9. The van der Waals surface area contributed by atoms with Gasteiger partial charge in [0, 0.05) is 22.1 Å². The van der Waals surface area contributed by atoms with Gasteiger partial charge in [-0.25, -0.2) is 0 Å². The molecule has 0 aromatic heterocycles. The van der Waals surface area contributed by atoms with Gasteiger partial charge in [0.05, 0.1) is 0 Å². The molecule has 0 radical (unpaired) electrons. The molecule has 1 aliphatic rings. The molecule has 0 bridgehead atoms. The van der Waals surface area contributed by atoms with E-state index in [-0.39, 0.29) is 5.41 Å². The maximum absolute atomic E-state index is 11.7. The summed E-state index contributed by atoms with van der Waals surface area (Å²) in [6.45, 7) is 4.19. The van der Waals surface area contributed by atoms with Crippen LogP contribution < -0.4 is 0 Å². The third kappa shape index (κ3) is 3.71. The van der Waals surface area contributed by atoms with Crippen LogP contribution in [0.5, 0.6) is 0 Å². The highest BCUT2D eigenvalue weighted by Gasteiger charge is 2.47. The number of aliphatic hydroxyl groups is 1. The minimum absolute atomic E-state index is 0.334. The van der Waals surface area contributed by atoms with Crippen molar-refractivity contribution in [3.63, 3.8) is 0 Å². The number of hydrogen-bond donors (Lipinski definition) is 1. The first kappa shape index (κ1) is 19.1. The molecule has 0 fully saturated rings. The third-order valence-electron chi connectivity index (χ3n) is 5.83. The van der Waals surface area contributed by atoms with Crippen LogP contribution in [0.15, 0.2) is 78.9 Å². The molecule has 1 unspecified atom stereocenters. The second kappa shape index (κ2) is 7.63. The Kier molecular flexibility index (Phi) is 5.02. The summed E-state index contributed by atoms with van der Waals surface area (Å²) < 4.78 is 0. The minimum Gasteiger partial charge on any atom is -0.373 e. The standard InChI is InChI=1S/C28H24O/c1-27(2)20-18-25-14-8-9-15-26(25)28(27,29)21-19-24-13-7-6-12-23(24)17-16-22-10-4-3-5-11-22/h3-15,29H,18,20H2,1-2H3. The fourth-order valence-electron chi connectivity index (χ4n) is 3.84. The molecule has 1 nitrogen and oxygen atoms in total. The van der Waals surface area contributed by atoms with Crippen LogP contribution in [-0.2, 0) is 12.0 Å². The summed E-state index contributed by atoms with van der Waals surface area (Å²) >= 11 is 0. The molecule has 29 heavy (non-hydrogen) atoms. The summed E-state index contributed by atoms with van der Waals surface area (Å²) in [4.78, 5) is 0. The lowest BCUT2D eigenvalue weighted by molar-refractivity contribution is -0.0337. The quantitative estimate of drug-likeness (QED) is 0.528. The van der Waals surface area contributed by atoms with Crippen molar-refractivity contribution >= 4 is 0 Å². The molecule has 0 spiro atoms. The van der Waals surface area contributed by atoms with E-state index in [2.05, 4.69) is 43.6 Å². The van der Waals surface area contributed by atoms with E-state index in [0.717, 1.165) is 35.1 Å². The van der Waals surface area contributed by atoms with E-state index < -0.39 is 5.60 Å². The Morgan fingerprint density at radius 2 is 1.34 bits per heavy atom. The van der Waals surface area contributed by atoms with Crippen molar-refractivity contribution in [2.75, 3.05) is 0 Å². The lowest BCUT2D eigenvalue weighted by Gasteiger charge is -2.44. The average Bonchev–Trinajstić information content (AvgIpc) is 2.75. The molecule has 0 heterocycles. The van der Waals surface area contributed by atoms with E-state index in [9.17, 15) is 5.11 Å². The van der Waals surface area contributed by atoms with Crippen LogP contribution in [0.25, 0.3) is 0 Å². The summed E-state index contributed by atoms with van der Waals surface area (Å²) in [5.41, 5.74) is 3.26. The second-order valence-electron chi connectivity index (χ2n) is 8.16. The lowest BCUT2D eigenvalue weighted by Crippen LogP contribution is -2.44. The van der Waals surface area contributed by atoms with Crippen molar-refractivity contribution in [1.82, 2.24) is 0 Å². The number of benzene rings is 3. The molecule has 1 N–H and O–H groups in total. The van der Waals surface area contributed by atoms with Gasteiger partial charge in [-0.1, -0.05) is 92.1 Å². The SMILES string of the molecule is CC1(C)CCc2ccccc2C1(O)C#Cc1ccccc1C#Cc1ccccc1. The van der Waals surface area contributed by atoms with E-state index in [1.807, 2.05) is 72.8 Å². The second-order valence-corrected chi connectivity index (χ2v) is 8.16. The Hall–Kier alpha value is -3.26. The molecular weight excluding hydrogens is 352 g/mol. The van der Waals surface area contributed by atoms with Gasteiger partial charge >= 0.3 is 0 Å². The molecule has 0 saturated carbocycles. The van der Waals surface area contributed by atoms with Gasteiger partial charge in [-0.3, -0.25) is 0 Å². The molecule has 0 amide bonds. The number of fused-ring (bicyclic) bond motifs is 1. The van der Waals surface area contributed by atoms with Crippen molar-refractivity contribution in [3.8, 4) is 23.7 Å². The Morgan fingerprint density at radius 3 is 2.10 bits per heavy atom. The van der Waals surface area contributed by atoms with Crippen LogP contribution in [0.4, 0.5) is 0 Å². The predicted molar refractivity (Wildman–Crippen MR) is 118 cm³/mol. The summed E-state index contributed by atoms with van der Waals surface area (Å²) in [6, 6.07) is 25.9. The summed E-state index contributed by atoms with van der Waals surface area (Å²) in [6.07, 6.45) is 1.86. The van der Waals surface area contributed by atoms with E-state index in [1.54, 1.807) is 0 Å². The molecular formula is C28H24O. The fraction of sp³-hybridized carbons (Fsp3) is 0.214. The summed E-state index contributed by atoms with van der Waals surface area (Å²) in [5, 5.41) is 11.7. The fourth-order valence-corrected chi connectivity index (χ4v) is 3.84. The van der Waals surface area contributed by atoms with Crippen LogP contribution in [0, 0.1) is 29.1 Å².